The van der Waals surface area contributed by atoms with E-state index in [-0.39, 0.29) is 0 Å². The molecule has 154 valence electrons. The summed E-state index contributed by atoms with van der Waals surface area (Å²) in [6, 6.07) is 14.3. The standard InChI is InChI=1S/C25H23N5O/c1-18-5-6-20(15-28-18)19-7-8-23-21(14-19)25(22(16-29-23)24-4-2-13-31-24)27-9-3-11-30-12-10-26-17-30/h2,4-8,10,12-17H,3,9,11H2,1H3,(H,27,29). The lowest BCUT2D eigenvalue weighted by Gasteiger charge is -2.15. The normalized spacial score (nSPS) is 11.1. The molecule has 0 fully saturated rings. The average molecular weight is 409 g/mol. The van der Waals surface area contributed by atoms with Crippen molar-refractivity contribution in [3.63, 3.8) is 0 Å². The third-order valence-corrected chi connectivity index (χ3v) is 5.35. The highest BCUT2D eigenvalue weighted by Gasteiger charge is 2.14. The molecule has 6 nitrogen and oxygen atoms in total. The number of aryl methyl sites for hydroxylation is 2. The van der Waals surface area contributed by atoms with Gasteiger partial charge in [-0.15, -0.1) is 0 Å². The Balaban J connectivity index is 1.52. The minimum absolute atomic E-state index is 0.800. The van der Waals surface area contributed by atoms with E-state index >= 15 is 0 Å². The molecule has 5 aromatic rings. The highest BCUT2D eigenvalue weighted by molar-refractivity contribution is 6.00. The summed E-state index contributed by atoms with van der Waals surface area (Å²) in [4.78, 5) is 13.2. The van der Waals surface area contributed by atoms with Crippen LogP contribution in [0.1, 0.15) is 12.1 Å². The second-order valence-corrected chi connectivity index (χ2v) is 7.53. The molecule has 0 spiro atoms. The van der Waals surface area contributed by atoms with Gasteiger partial charge in [0, 0.05) is 54.5 Å². The zero-order valence-corrected chi connectivity index (χ0v) is 17.3. The summed E-state index contributed by atoms with van der Waals surface area (Å²) in [6.45, 7) is 3.73. The Labute approximate surface area is 180 Å². The third kappa shape index (κ3) is 4.05. The second-order valence-electron chi connectivity index (χ2n) is 7.53. The van der Waals surface area contributed by atoms with Crippen LogP contribution in [-0.2, 0) is 6.54 Å². The number of anilines is 1. The minimum atomic E-state index is 0.800. The first kappa shape index (κ1) is 19.1. The molecule has 0 saturated heterocycles. The molecule has 4 aromatic heterocycles. The first-order valence-corrected chi connectivity index (χ1v) is 10.4. The van der Waals surface area contributed by atoms with E-state index in [0.717, 1.165) is 64.2 Å². The number of imidazole rings is 1. The zero-order valence-electron chi connectivity index (χ0n) is 17.3. The average Bonchev–Trinajstić information content (AvgIpc) is 3.51. The SMILES string of the molecule is Cc1ccc(-c2ccc3ncc(-c4ccco4)c(NCCCn4ccnc4)c3c2)cn1. The maximum absolute atomic E-state index is 5.70. The van der Waals surface area contributed by atoms with Crippen molar-refractivity contribution in [2.75, 3.05) is 11.9 Å². The van der Waals surface area contributed by atoms with Crippen LogP contribution in [0.5, 0.6) is 0 Å². The summed E-state index contributed by atoms with van der Waals surface area (Å²) in [6.07, 6.45) is 12.1. The first-order valence-electron chi connectivity index (χ1n) is 10.4. The summed E-state index contributed by atoms with van der Waals surface area (Å²) in [5, 5.41) is 4.71. The van der Waals surface area contributed by atoms with Gasteiger partial charge in [-0.05, 0) is 49.2 Å². The van der Waals surface area contributed by atoms with Gasteiger partial charge in [0.25, 0.3) is 0 Å². The smallest absolute Gasteiger partial charge is 0.137 e. The molecule has 0 saturated carbocycles. The Bertz CT molecular complexity index is 1280. The molecular formula is C25H23N5O. The van der Waals surface area contributed by atoms with Crippen molar-refractivity contribution >= 4 is 16.6 Å². The second kappa shape index (κ2) is 8.44. The van der Waals surface area contributed by atoms with Crippen molar-refractivity contribution in [1.29, 1.82) is 0 Å². The van der Waals surface area contributed by atoms with Gasteiger partial charge in [-0.3, -0.25) is 9.97 Å². The third-order valence-electron chi connectivity index (χ3n) is 5.35. The molecule has 31 heavy (non-hydrogen) atoms. The Morgan fingerprint density at radius 3 is 2.74 bits per heavy atom. The quantitative estimate of drug-likeness (QED) is 0.356. The van der Waals surface area contributed by atoms with Crippen LogP contribution in [-0.4, -0.2) is 26.1 Å². The van der Waals surface area contributed by atoms with Crippen molar-refractivity contribution in [2.45, 2.75) is 19.9 Å². The Morgan fingerprint density at radius 2 is 1.97 bits per heavy atom. The van der Waals surface area contributed by atoms with Gasteiger partial charge in [-0.1, -0.05) is 12.1 Å². The first-order chi connectivity index (χ1) is 15.3. The molecule has 0 bridgehead atoms. The summed E-state index contributed by atoms with van der Waals surface area (Å²) < 4.78 is 7.79. The maximum Gasteiger partial charge on any atom is 0.137 e. The molecule has 1 aromatic carbocycles. The monoisotopic (exact) mass is 409 g/mol. The van der Waals surface area contributed by atoms with Gasteiger partial charge in [-0.25, -0.2) is 4.98 Å². The highest BCUT2D eigenvalue weighted by Crippen LogP contribution is 2.36. The number of aromatic nitrogens is 4. The summed E-state index contributed by atoms with van der Waals surface area (Å²) in [7, 11) is 0. The zero-order chi connectivity index (χ0) is 21.0. The van der Waals surface area contributed by atoms with Gasteiger partial charge in [0.15, 0.2) is 0 Å². The molecule has 0 radical (unpaired) electrons. The van der Waals surface area contributed by atoms with Crippen molar-refractivity contribution in [2.24, 2.45) is 0 Å². The van der Waals surface area contributed by atoms with Crippen LogP contribution < -0.4 is 5.32 Å². The van der Waals surface area contributed by atoms with Gasteiger partial charge >= 0.3 is 0 Å². The molecule has 6 heteroatoms. The van der Waals surface area contributed by atoms with Crippen LogP contribution in [0.3, 0.4) is 0 Å². The van der Waals surface area contributed by atoms with Crippen molar-refractivity contribution in [3.05, 3.63) is 85.5 Å². The van der Waals surface area contributed by atoms with Crippen LogP contribution in [0.25, 0.3) is 33.4 Å². The fourth-order valence-electron chi connectivity index (χ4n) is 3.71. The number of nitrogens with zero attached hydrogens (tertiary/aromatic N) is 4. The van der Waals surface area contributed by atoms with E-state index in [0.29, 0.717) is 0 Å². The number of nitrogens with one attached hydrogen (secondary N) is 1. The van der Waals surface area contributed by atoms with Crippen LogP contribution >= 0.6 is 0 Å². The van der Waals surface area contributed by atoms with Gasteiger partial charge in [-0.2, -0.15) is 0 Å². The number of pyridine rings is 2. The predicted molar refractivity (Wildman–Crippen MR) is 123 cm³/mol. The fourth-order valence-corrected chi connectivity index (χ4v) is 3.71. The van der Waals surface area contributed by atoms with Crippen LogP contribution in [0.2, 0.25) is 0 Å². The number of hydrogen-bond donors (Lipinski definition) is 1. The van der Waals surface area contributed by atoms with Gasteiger partial charge in [0.2, 0.25) is 0 Å². The lowest BCUT2D eigenvalue weighted by molar-refractivity contribution is 0.582. The Morgan fingerprint density at radius 1 is 1.03 bits per heavy atom. The molecular weight excluding hydrogens is 386 g/mol. The van der Waals surface area contributed by atoms with E-state index in [1.165, 1.54) is 0 Å². The molecule has 0 unspecified atom stereocenters. The van der Waals surface area contributed by atoms with Gasteiger partial charge in [0.05, 0.1) is 29.4 Å². The fraction of sp³-hybridized carbons (Fsp3) is 0.160. The van der Waals surface area contributed by atoms with Crippen molar-refractivity contribution in [1.82, 2.24) is 19.5 Å². The van der Waals surface area contributed by atoms with Crippen molar-refractivity contribution in [3.8, 4) is 22.5 Å². The highest BCUT2D eigenvalue weighted by atomic mass is 16.3. The van der Waals surface area contributed by atoms with E-state index in [2.05, 4.69) is 49.1 Å². The van der Waals surface area contributed by atoms with Crippen molar-refractivity contribution < 1.29 is 4.42 Å². The lowest BCUT2D eigenvalue weighted by Crippen LogP contribution is -2.07. The van der Waals surface area contributed by atoms with E-state index in [1.54, 1.807) is 12.5 Å². The lowest BCUT2D eigenvalue weighted by atomic mass is 10.0. The summed E-state index contributed by atoms with van der Waals surface area (Å²) in [5.74, 6) is 0.800. The van der Waals surface area contributed by atoms with E-state index in [9.17, 15) is 0 Å². The Hall–Kier alpha value is -3.93. The maximum atomic E-state index is 5.70. The topological polar surface area (TPSA) is 68.8 Å². The number of fused-ring (bicyclic) bond motifs is 1. The number of benzene rings is 1. The van der Waals surface area contributed by atoms with E-state index < -0.39 is 0 Å². The number of furan rings is 1. The Kier molecular flexibility index (Phi) is 5.19. The van der Waals surface area contributed by atoms with Gasteiger partial charge < -0.3 is 14.3 Å². The molecule has 0 aliphatic heterocycles. The van der Waals surface area contributed by atoms with Crippen LogP contribution in [0.15, 0.2) is 84.3 Å². The largest absolute Gasteiger partial charge is 0.464 e. The number of hydrogen-bond acceptors (Lipinski definition) is 5. The molecule has 0 atom stereocenters. The predicted octanol–water partition coefficient (Wildman–Crippen LogP) is 5.56. The van der Waals surface area contributed by atoms with Crippen LogP contribution in [0.4, 0.5) is 5.69 Å². The van der Waals surface area contributed by atoms with Crippen LogP contribution in [0, 0.1) is 6.92 Å². The summed E-state index contributed by atoms with van der Waals surface area (Å²) >= 11 is 0. The number of rotatable bonds is 7. The molecule has 5 rings (SSSR count). The molecule has 0 aliphatic rings. The van der Waals surface area contributed by atoms with E-state index in [1.807, 2.05) is 50.0 Å². The van der Waals surface area contributed by atoms with E-state index in [4.69, 9.17) is 4.42 Å². The molecule has 0 amide bonds. The molecule has 1 N–H and O–H groups in total. The van der Waals surface area contributed by atoms with Gasteiger partial charge in [0.1, 0.15) is 5.76 Å². The molecule has 0 aliphatic carbocycles. The minimum Gasteiger partial charge on any atom is -0.464 e. The molecule has 4 heterocycles. The summed E-state index contributed by atoms with van der Waals surface area (Å²) in [5.41, 5.74) is 6.14.